The maximum Gasteiger partial charge on any atom is 0.491 e. The summed E-state index contributed by atoms with van der Waals surface area (Å²) in [5, 5.41) is 20.7. The molecule has 11 heteroatoms. The summed E-state index contributed by atoms with van der Waals surface area (Å²) in [6.45, 7) is 0.245. The SMILES string of the molecule is COc1ccc(S(=O)(=O)Nc2ccc3c(c2)B(O)OC3)c(NC(=O)O)c1. The second-order valence-electron chi connectivity index (χ2n) is 5.47. The first-order valence-electron chi connectivity index (χ1n) is 7.43. The van der Waals surface area contributed by atoms with Crippen molar-refractivity contribution < 1.29 is 32.7 Å². The van der Waals surface area contributed by atoms with Crippen LogP contribution in [0.5, 0.6) is 5.75 Å². The van der Waals surface area contributed by atoms with Crippen molar-refractivity contribution in [1.29, 1.82) is 0 Å². The van der Waals surface area contributed by atoms with Gasteiger partial charge in [0.2, 0.25) is 0 Å². The first-order valence-corrected chi connectivity index (χ1v) is 8.92. The first-order chi connectivity index (χ1) is 12.3. The Hall–Kier alpha value is -2.76. The van der Waals surface area contributed by atoms with Crippen LogP contribution in [0, 0.1) is 0 Å². The fourth-order valence-corrected chi connectivity index (χ4v) is 3.77. The first kappa shape index (κ1) is 18.0. The van der Waals surface area contributed by atoms with E-state index < -0.39 is 23.2 Å². The van der Waals surface area contributed by atoms with Crippen molar-refractivity contribution in [3.05, 3.63) is 42.0 Å². The molecule has 26 heavy (non-hydrogen) atoms. The van der Waals surface area contributed by atoms with Gasteiger partial charge in [-0.1, -0.05) is 6.07 Å². The average molecular weight is 378 g/mol. The van der Waals surface area contributed by atoms with Crippen LogP contribution >= 0.6 is 0 Å². The van der Waals surface area contributed by atoms with E-state index in [1.165, 1.54) is 37.4 Å². The van der Waals surface area contributed by atoms with Crippen LogP contribution in [-0.2, 0) is 21.3 Å². The van der Waals surface area contributed by atoms with Gasteiger partial charge < -0.3 is 19.5 Å². The van der Waals surface area contributed by atoms with Gasteiger partial charge >= 0.3 is 13.2 Å². The number of hydrogen-bond donors (Lipinski definition) is 4. The molecule has 0 aromatic heterocycles. The van der Waals surface area contributed by atoms with Gasteiger partial charge in [-0.25, -0.2) is 13.2 Å². The third-order valence-corrected chi connectivity index (χ3v) is 5.22. The number of fused-ring (bicyclic) bond motifs is 1. The lowest BCUT2D eigenvalue weighted by molar-refractivity contribution is 0.209. The van der Waals surface area contributed by atoms with Gasteiger partial charge in [0.1, 0.15) is 10.6 Å². The van der Waals surface area contributed by atoms with Crippen molar-refractivity contribution in [2.45, 2.75) is 11.5 Å². The Kier molecular flexibility index (Phi) is 4.76. The van der Waals surface area contributed by atoms with Crippen molar-refractivity contribution in [3.8, 4) is 5.75 Å². The standard InChI is InChI=1S/C15H15BN2O7S/c1-24-11-4-5-14(13(7-11)17-15(19)20)26(22,23)18-10-3-2-9-8-25-16(21)12(9)6-10/h2-7,17-18,21H,8H2,1H3,(H,19,20). The zero-order chi connectivity index (χ0) is 18.9. The van der Waals surface area contributed by atoms with Crippen molar-refractivity contribution in [1.82, 2.24) is 0 Å². The Morgan fingerprint density at radius 1 is 1.27 bits per heavy atom. The molecule has 1 heterocycles. The van der Waals surface area contributed by atoms with Crippen molar-refractivity contribution in [2.24, 2.45) is 0 Å². The van der Waals surface area contributed by atoms with E-state index in [-0.39, 0.29) is 22.9 Å². The number of benzene rings is 2. The Balaban J connectivity index is 1.96. The van der Waals surface area contributed by atoms with Crippen LogP contribution < -0.4 is 20.2 Å². The largest absolute Gasteiger partial charge is 0.497 e. The summed E-state index contributed by atoms with van der Waals surface area (Å²) in [5.41, 5.74) is 1.31. The molecule has 2 aromatic carbocycles. The van der Waals surface area contributed by atoms with Gasteiger partial charge in [-0.3, -0.25) is 10.0 Å². The molecule has 0 unspecified atom stereocenters. The molecule has 0 spiro atoms. The Morgan fingerprint density at radius 2 is 2.04 bits per heavy atom. The summed E-state index contributed by atoms with van der Waals surface area (Å²) < 4.78 is 37.8. The van der Waals surface area contributed by atoms with E-state index in [9.17, 15) is 18.2 Å². The molecule has 1 aliphatic rings. The van der Waals surface area contributed by atoms with Crippen LogP contribution in [0.4, 0.5) is 16.2 Å². The van der Waals surface area contributed by atoms with Crippen molar-refractivity contribution in [2.75, 3.05) is 17.1 Å². The number of rotatable bonds is 5. The second kappa shape index (κ2) is 6.86. The summed E-state index contributed by atoms with van der Waals surface area (Å²) in [7, 11) is -3.84. The average Bonchev–Trinajstić information content (AvgIpc) is 2.94. The number of nitrogens with one attached hydrogen (secondary N) is 2. The summed E-state index contributed by atoms with van der Waals surface area (Å²) in [6.07, 6.45) is -1.41. The zero-order valence-electron chi connectivity index (χ0n) is 13.6. The molecule has 0 saturated heterocycles. The Morgan fingerprint density at radius 3 is 2.73 bits per heavy atom. The molecule has 0 saturated carbocycles. The van der Waals surface area contributed by atoms with Gasteiger partial charge in [-0.15, -0.1) is 0 Å². The van der Waals surface area contributed by atoms with Crippen LogP contribution in [0.25, 0.3) is 0 Å². The summed E-state index contributed by atoms with van der Waals surface area (Å²) >= 11 is 0. The molecule has 0 aliphatic carbocycles. The predicted molar refractivity (Wildman–Crippen MR) is 94.3 cm³/mol. The maximum atomic E-state index is 12.7. The van der Waals surface area contributed by atoms with Gasteiger partial charge in [0.05, 0.1) is 19.4 Å². The number of sulfonamides is 1. The number of ether oxygens (including phenoxy) is 1. The molecule has 0 fully saturated rings. The van der Waals surface area contributed by atoms with E-state index in [1.807, 2.05) is 5.32 Å². The minimum Gasteiger partial charge on any atom is -0.497 e. The second-order valence-corrected chi connectivity index (χ2v) is 7.13. The third-order valence-electron chi connectivity index (χ3n) is 3.78. The number of carboxylic acid groups (broad SMARTS) is 1. The van der Waals surface area contributed by atoms with Crippen LogP contribution in [0.2, 0.25) is 0 Å². The highest BCUT2D eigenvalue weighted by atomic mass is 32.2. The monoisotopic (exact) mass is 378 g/mol. The van der Waals surface area contributed by atoms with Crippen LogP contribution in [0.15, 0.2) is 41.3 Å². The van der Waals surface area contributed by atoms with Gasteiger partial charge in [0.25, 0.3) is 10.0 Å². The molecular weight excluding hydrogens is 363 g/mol. The molecule has 9 nitrogen and oxygen atoms in total. The maximum absolute atomic E-state index is 12.7. The fourth-order valence-electron chi connectivity index (χ4n) is 2.57. The zero-order valence-corrected chi connectivity index (χ0v) is 14.4. The van der Waals surface area contributed by atoms with E-state index in [0.29, 0.717) is 11.2 Å². The van der Waals surface area contributed by atoms with E-state index >= 15 is 0 Å². The summed E-state index contributed by atoms with van der Waals surface area (Å²) in [6, 6.07) is 8.56. The predicted octanol–water partition coefficient (Wildman–Crippen LogP) is 0.804. The minimum atomic E-state index is -4.10. The molecule has 4 N–H and O–H groups in total. The molecule has 0 atom stereocenters. The number of carbonyl (C=O) groups is 1. The van der Waals surface area contributed by atoms with Gasteiger partial charge in [-0.2, -0.15) is 0 Å². The molecule has 2 aromatic rings. The molecular formula is C15H15BN2O7S. The van der Waals surface area contributed by atoms with Gasteiger partial charge in [0.15, 0.2) is 0 Å². The summed E-state index contributed by atoms with van der Waals surface area (Å²) in [5.74, 6) is 0.297. The highest BCUT2D eigenvalue weighted by molar-refractivity contribution is 7.92. The summed E-state index contributed by atoms with van der Waals surface area (Å²) in [4.78, 5) is 10.7. The number of methoxy groups -OCH3 is 1. The van der Waals surface area contributed by atoms with Crippen LogP contribution in [0.3, 0.4) is 0 Å². The molecule has 0 bridgehead atoms. The number of amides is 1. The van der Waals surface area contributed by atoms with E-state index in [1.54, 1.807) is 6.07 Å². The fraction of sp³-hybridized carbons (Fsp3) is 0.133. The Bertz CT molecular complexity index is 964. The lowest BCUT2D eigenvalue weighted by atomic mass is 9.79. The van der Waals surface area contributed by atoms with Crippen molar-refractivity contribution >= 4 is 40.1 Å². The molecule has 1 amide bonds. The third kappa shape index (κ3) is 3.59. The quantitative estimate of drug-likeness (QED) is 0.566. The van der Waals surface area contributed by atoms with E-state index in [4.69, 9.17) is 14.5 Å². The lowest BCUT2D eigenvalue weighted by Gasteiger charge is -2.14. The number of anilines is 2. The van der Waals surface area contributed by atoms with Gasteiger partial charge in [0, 0.05) is 11.8 Å². The van der Waals surface area contributed by atoms with E-state index in [2.05, 4.69) is 4.72 Å². The Labute approximate surface area is 149 Å². The van der Waals surface area contributed by atoms with Crippen LogP contribution in [-0.4, -0.2) is 38.9 Å². The molecule has 1 aliphatic heterocycles. The highest BCUT2D eigenvalue weighted by Crippen LogP contribution is 2.28. The topological polar surface area (TPSA) is 134 Å². The minimum absolute atomic E-state index is 0.145. The smallest absolute Gasteiger partial charge is 0.491 e. The van der Waals surface area contributed by atoms with Crippen LogP contribution in [0.1, 0.15) is 5.56 Å². The highest BCUT2D eigenvalue weighted by Gasteiger charge is 2.28. The van der Waals surface area contributed by atoms with E-state index in [0.717, 1.165) is 5.56 Å². The number of hydrogen-bond acceptors (Lipinski definition) is 6. The lowest BCUT2D eigenvalue weighted by Crippen LogP contribution is -2.28. The molecule has 3 rings (SSSR count). The molecule has 136 valence electrons. The molecule has 0 radical (unpaired) electrons. The van der Waals surface area contributed by atoms with Crippen molar-refractivity contribution in [3.63, 3.8) is 0 Å². The normalized spacial score (nSPS) is 13.2. The van der Waals surface area contributed by atoms with Gasteiger partial charge in [-0.05, 0) is 35.3 Å².